The molecule has 0 amide bonds. The summed E-state index contributed by atoms with van der Waals surface area (Å²) in [6.07, 6.45) is 1.65. The Bertz CT molecular complexity index is 495. The molecule has 2 aromatic heterocycles. The van der Waals surface area contributed by atoms with Gasteiger partial charge in [0.2, 0.25) is 0 Å². The van der Waals surface area contributed by atoms with Gasteiger partial charge in [0, 0.05) is 18.4 Å². The van der Waals surface area contributed by atoms with Crippen molar-refractivity contribution in [1.82, 2.24) is 9.97 Å². The van der Waals surface area contributed by atoms with Crippen LogP contribution in [0.3, 0.4) is 0 Å². The highest BCUT2D eigenvalue weighted by Crippen LogP contribution is 2.30. The topological polar surface area (TPSA) is 29.0 Å². The summed E-state index contributed by atoms with van der Waals surface area (Å²) in [4.78, 5) is 11.3. The normalized spacial score (nSPS) is 13.0. The van der Waals surface area contributed by atoms with E-state index in [1.54, 1.807) is 17.7 Å². The van der Waals surface area contributed by atoms with E-state index >= 15 is 0 Å². The van der Waals surface area contributed by atoms with Gasteiger partial charge in [-0.05, 0) is 17.9 Å². The lowest BCUT2D eigenvalue weighted by molar-refractivity contribution is 0.863. The van der Waals surface area contributed by atoms with Crippen LogP contribution >= 0.6 is 27.3 Å². The second-order valence-corrected chi connectivity index (χ2v) is 6.40. The fourth-order valence-corrected chi connectivity index (χ4v) is 3.17. The first-order valence-electron chi connectivity index (χ1n) is 5.13. The van der Waals surface area contributed by atoms with E-state index in [-0.39, 0.29) is 0 Å². The molecule has 0 saturated heterocycles. The van der Waals surface area contributed by atoms with Crippen molar-refractivity contribution in [3.8, 4) is 0 Å². The van der Waals surface area contributed by atoms with E-state index in [1.807, 2.05) is 0 Å². The molecular formula is C11H14BrN3S. The second-order valence-electron chi connectivity index (χ2n) is 3.96. The largest absolute Gasteiger partial charge is 0.357 e. The summed E-state index contributed by atoms with van der Waals surface area (Å²) < 4.78 is 1.18. The van der Waals surface area contributed by atoms with Crippen LogP contribution in [0.1, 0.15) is 12.5 Å². The average molecular weight is 300 g/mol. The van der Waals surface area contributed by atoms with Crippen LogP contribution in [0.5, 0.6) is 0 Å². The van der Waals surface area contributed by atoms with Gasteiger partial charge in [-0.2, -0.15) is 0 Å². The Balaban J connectivity index is 2.44. The molecule has 0 aliphatic heterocycles. The second kappa shape index (κ2) is 4.67. The molecule has 0 aliphatic carbocycles. The number of fused-ring (bicyclic) bond motifs is 1. The molecule has 1 atom stereocenters. The Hall–Kier alpha value is -0.680. The predicted molar refractivity (Wildman–Crippen MR) is 73.8 cm³/mol. The number of aryl methyl sites for hydroxylation is 1. The van der Waals surface area contributed by atoms with Gasteiger partial charge in [0.25, 0.3) is 0 Å². The van der Waals surface area contributed by atoms with Crippen molar-refractivity contribution in [2.24, 2.45) is 0 Å². The highest BCUT2D eigenvalue weighted by atomic mass is 79.9. The molecule has 0 aromatic carbocycles. The molecular weight excluding hydrogens is 286 g/mol. The quantitative estimate of drug-likeness (QED) is 0.815. The van der Waals surface area contributed by atoms with Crippen molar-refractivity contribution < 1.29 is 0 Å². The molecule has 2 rings (SSSR count). The molecule has 0 aliphatic rings. The van der Waals surface area contributed by atoms with Gasteiger partial charge >= 0.3 is 0 Å². The Morgan fingerprint density at radius 2 is 2.25 bits per heavy atom. The number of rotatable bonds is 3. The third-order valence-electron chi connectivity index (χ3n) is 2.40. The molecule has 0 N–H and O–H groups in total. The van der Waals surface area contributed by atoms with Crippen molar-refractivity contribution in [2.75, 3.05) is 18.5 Å². The third kappa shape index (κ3) is 2.20. The highest BCUT2D eigenvalue weighted by molar-refractivity contribution is 9.09. The van der Waals surface area contributed by atoms with Crippen LogP contribution in [-0.2, 0) is 0 Å². The first kappa shape index (κ1) is 11.8. The van der Waals surface area contributed by atoms with Gasteiger partial charge in [-0.1, -0.05) is 22.9 Å². The Labute approximate surface area is 108 Å². The summed E-state index contributed by atoms with van der Waals surface area (Å²) in [5.74, 6) is 1.02. The highest BCUT2D eigenvalue weighted by Gasteiger charge is 2.12. The summed E-state index contributed by atoms with van der Waals surface area (Å²) in [7, 11) is 2.06. The van der Waals surface area contributed by atoms with Crippen LogP contribution in [-0.4, -0.2) is 28.4 Å². The molecule has 0 fully saturated rings. The lowest BCUT2D eigenvalue weighted by Gasteiger charge is -2.19. The number of hydrogen-bond donors (Lipinski definition) is 0. The summed E-state index contributed by atoms with van der Waals surface area (Å²) >= 11 is 5.27. The molecule has 0 radical (unpaired) electrons. The number of hydrogen-bond acceptors (Lipinski definition) is 4. The van der Waals surface area contributed by atoms with Crippen molar-refractivity contribution in [2.45, 2.75) is 18.7 Å². The molecule has 16 heavy (non-hydrogen) atoms. The number of aromatic nitrogens is 2. The molecule has 2 aromatic rings. The van der Waals surface area contributed by atoms with Crippen LogP contribution in [0.15, 0.2) is 11.7 Å². The van der Waals surface area contributed by atoms with Crippen molar-refractivity contribution in [3.05, 3.63) is 17.3 Å². The minimum Gasteiger partial charge on any atom is -0.357 e. The molecule has 1 unspecified atom stereocenters. The number of anilines is 1. The fourth-order valence-electron chi connectivity index (χ4n) is 1.69. The number of halogens is 1. The molecule has 2 heterocycles. The number of alkyl halides is 1. The van der Waals surface area contributed by atoms with E-state index in [9.17, 15) is 0 Å². The summed E-state index contributed by atoms with van der Waals surface area (Å²) in [6.45, 7) is 5.15. The van der Waals surface area contributed by atoms with Crippen molar-refractivity contribution in [1.29, 1.82) is 0 Å². The van der Waals surface area contributed by atoms with E-state index < -0.39 is 0 Å². The maximum absolute atomic E-state index is 4.38. The van der Waals surface area contributed by atoms with Crippen molar-refractivity contribution in [3.63, 3.8) is 0 Å². The summed E-state index contributed by atoms with van der Waals surface area (Å²) in [6, 6.07) is 0. The molecule has 3 nitrogen and oxygen atoms in total. The first-order valence-corrected chi connectivity index (χ1v) is 6.93. The van der Waals surface area contributed by atoms with Crippen LogP contribution in [0.2, 0.25) is 0 Å². The van der Waals surface area contributed by atoms with E-state index in [4.69, 9.17) is 0 Å². The fraction of sp³-hybridized carbons (Fsp3) is 0.455. The van der Waals surface area contributed by atoms with Gasteiger partial charge < -0.3 is 4.90 Å². The van der Waals surface area contributed by atoms with Crippen LogP contribution in [0.25, 0.3) is 10.2 Å². The van der Waals surface area contributed by atoms with Crippen LogP contribution in [0, 0.1) is 6.92 Å². The van der Waals surface area contributed by atoms with E-state index in [0.29, 0.717) is 4.83 Å². The summed E-state index contributed by atoms with van der Waals surface area (Å²) in [5, 5.41) is 2.13. The minimum absolute atomic E-state index is 0.448. The van der Waals surface area contributed by atoms with Crippen LogP contribution in [0.4, 0.5) is 5.82 Å². The smallest absolute Gasteiger partial charge is 0.149 e. The van der Waals surface area contributed by atoms with Crippen LogP contribution < -0.4 is 4.90 Å². The van der Waals surface area contributed by atoms with E-state index in [1.165, 1.54) is 10.3 Å². The zero-order valence-electron chi connectivity index (χ0n) is 9.57. The lowest BCUT2D eigenvalue weighted by Crippen LogP contribution is -2.24. The Morgan fingerprint density at radius 3 is 2.94 bits per heavy atom. The lowest BCUT2D eigenvalue weighted by atomic mass is 10.3. The predicted octanol–water partition coefficient (Wildman–Crippen LogP) is 3.22. The van der Waals surface area contributed by atoms with Crippen molar-refractivity contribution >= 4 is 43.3 Å². The van der Waals surface area contributed by atoms with E-state index in [2.05, 4.69) is 57.1 Å². The SMILES string of the molecule is Cc1csc2c(N(C)CC(C)Br)ncnc12. The number of nitrogens with zero attached hydrogens (tertiary/aromatic N) is 3. The van der Waals surface area contributed by atoms with Gasteiger partial charge in [0.05, 0.1) is 10.2 Å². The van der Waals surface area contributed by atoms with E-state index in [0.717, 1.165) is 17.9 Å². The molecule has 0 bridgehead atoms. The number of thiophene rings is 1. The van der Waals surface area contributed by atoms with Gasteiger partial charge in [-0.3, -0.25) is 0 Å². The zero-order chi connectivity index (χ0) is 11.7. The standard InChI is InChI=1S/C11H14BrN3S/c1-7-5-16-10-9(7)13-6-14-11(10)15(3)4-8(2)12/h5-6,8H,4H2,1-3H3. The maximum atomic E-state index is 4.38. The molecule has 0 saturated carbocycles. The first-order chi connectivity index (χ1) is 7.59. The Kier molecular flexibility index (Phi) is 3.44. The maximum Gasteiger partial charge on any atom is 0.149 e. The molecule has 0 spiro atoms. The minimum atomic E-state index is 0.448. The third-order valence-corrected chi connectivity index (χ3v) is 3.77. The molecule has 5 heteroatoms. The zero-order valence-corrected chi connectivity index (χ0v) is 12.0. The van der Waals surface area contributed by atoms with Gasteiger partial charge in [0.1, 0.15) is 12.1 Å². The molecule has 86 valence electrons. The Morgan fingerprint density at radius 1 is 1.50 bits per heavy atom. The van der Waals surface area contributed by atoms with Gasteiger partial charge in [0.15, 0.2) is 0 Å². The summed E-state index contributed by atoms with van der Waals surface area (Å²) in [5.41, 5.74) is 2.30. The van der Waals surface area contributed by atoms with Gasteiger partial charge in [-0.25, -0.2) is 9.97 Å². The van der Waals surface area contributed by atoms with Gasteiger partial charge in [-0.15, -0.1) is 11.3 Å². The monoisotopic (exact) mass is 299 g/mol. The average Bonchev–Trinajstić information content (AvgIpc) is 2.59.